The Morgan fingerprint density at radius 1 is 0.909 bits per heavy atom. The van der Waals surface area contributed by atoms with Gasteiger partial charge in [-0.3, -0.25) is 0 Å². The van der Waals surface area contributed by atoms with Crippen LogP contribution in [0.2, 0.25) is 0 Å². The predicted octanol–water partition coefficient (Wildman–Crippen LogP) is 5.22. The van der Waals surface area contributed by atoms with Crippen LogP contribution in [0.3, 0.4) is 0 Å². The zero-order valence-electron chi connectivity index (χ0n) is 18.3. The second-order valence-corrected chi connectivity index (χ2v) is 9.67. The molecule has 3 aromatic carbocycles. The van der Waals surface area contributed by atoms with Crippen LogP contribution < -0.4 is 14.2 Å². The third-order valence-corrected chi connectivity index (χ3v) is 7.20. The molecule has 0 aliphatic carbocycles. The van der Waals surface area contributed by atoms with Crippen molar-refractivity contribution in [2.24, 2.45) is 0 Å². The topological polar surface area (TPSA) is 77.8 Å². The van der Waals surface area contributed by atoms with Crippen LogP contribution in [0.1, 0.15) is 36.3 Å². The minimum Gasteiger partial charge on any atom is -0.490 e. The highest BCUT2D eigenvalue weighted by molar-refractivity contribution is 7.89. The summed E-state index contributed by atoms with van der Waals surface area (Å²) in [6.45, 7) is 3.07. The fraction of sp³-hybridized carbons (Fsp3) is 0.231. The number of furan rings is 1. The number of aryl methyl sites for hydroxylation is 1. The van der Waals surface area contributed by atoms with Gasteiger partial charge in [-0.1, -0.05) is 49.4 Å². The molecule has 1 atom stereocenters. The quantitative estimate of drug-likeness (QED) is 0.424. The normalized spacial score (nSPS) is 14.7. The maximum absolute atomic E-state index is 13.5. The molecule has 170 valence electrons. The number of ether oxygens (including phenoxy) is 2. The number of fused-ring (bicyclic) bond motifs is 2. The number of hydrogen-bond donors (Lipinski definition) is 1. The third kappa shape index (κ3) is 4.34. The van der Waals surface area contributed by atoms with Gasteiger partial charge in [0.15, 0.2) is 11.5 Å². The van der Waals surface area contributed by atoms with Gasteiger partial charge in [0.25, 0.3) is 0 Å². The number of hydrogen-bond acceptors (Lipinski definition) is 5. The van der Waals surface area contributed by atoms with Crippen molar-refractivity contribution in [1.29, 1.82) is 0 Å². The molecule has 4 aromatic rings. The summed E-state index contributed by atoms with van der Waals surface area (Å²) < 4.78 is 47.4. The number of para-hydroxylation sites is 1. The Morgan fingerprint density at radius 2 is 1.67 bits per heavy atom. The molecule has 0 amide bonds. The minimum atomic E-state index is -3.91. The highest BCUT2D eigenvalue weighted by atomic mass is 32.2. The first-order valence-electron chi connectivity index (χ1n) is 11.0. The molecule has 1 aliphatic rings. The Morgan fingerprint density at radius 3 is 2.48 bits per heavy atom. The molecule has 0 saturated heterocycles. The minimum absolute atomic E-state index is 0.113. The Hall–Kier alpha value is -3.29. The molecule has 1 N–H and O–H groups in total. The lowest BCUT2D eigenvalue weighted by molar-refractivity contribution is 0.297. The van der Waals surface area contributed by atoms with Gasteiger partial charge in [-0.05, 0) is 41.8 Å². The molecule has 6 nitrogen and oxygen atoms in total. The van der Waals surface area contributed by atoms with Gasteiger partial charge >= 0.3 is 0 Å². The molecular formula is C26H25NO5S. The van der Waals surface area contributed by atoms with E-state index in [-0.39, 0.29) is 4.90 Å². The lowest BCUT2D eigenvalue weighted by atomic mass is 9.97. The van der Waals surface area contributed by atoms with Gasteiger partial charge in [-0.15, -0.1) is 0 Å². The summed E-state index contributed by atoms with van der Waals surface area (Å²) in [6, 6.07) is 21.4. The molecule has 0 radical (unpaired) electrons. The molecule has 1 aromatic heterocycles. The second-order valence-electron chi connectivity index (χ2n) is 7.95. The molecule has 2 heterocycles. The van der Waals surface area contributed by atoms with Gasteiger partial charge in [-0.2, -0.15) is 4.72 Å². The van der Waals surface area contributed by atoms with Crippen molar-refractivity contribution >= 4 is 21.0 Å². The maximum atomic E-state index is 13.5. The fourth-order valence-electron chi connectivity index (χ4n) is 4.09. The largest absolute Gasteiger partial charge is 0.490 e. The number of benzene rings is 3. The van der Waals surface area contributed by atoms with Crippen molar-refractivity contribution in [1.82, 2.24) is 4.72 Å². The van der Waals surface area contributed by atoms with Gasteiger partial charge in [0, 0.05) is 17.9 Å². The molecule has 5 rings (SSSR count). The Balaban J connectivity index is 1.57. The van der Waals surface area contributed by atoms with Crippen LogP contribution in [0.4, 0.5) is 0 Å². The first kappa shape index (κ1) is 21.6. The van der Waals surface area contributed by atoms with E-state index in [1.165, 1.54) is 12.1 Å². The van der Waals surface area contributed by atoms with Crippen LogP contribution in [0, 0.1) is 0 Å². The summed E-state index contributed by atoms with van der Waals surface area (Å²) in [5, 5.41) is 0.918. The van der Waals surface area contributed by atoms with Gasteiger partial charge < -0.3 is 13.9 Å². The molecule has 0 saturated carbocycles. The summed E-state index contributed by atoms with van der Waals surface area (Å²) in [4.78, 5) is 0.113. The summed E-state index contributed by atoms with van der Waals surface area (Å²) in [5.74, 6) is 1.52. The molecule has 0 fully saturated rings. The van der Waals surface area contributed by atoms with Gasteiger partial charge in [0.05, 0.1) is 18.1 Å². The standard InChI is InChI=1S/C26H25NO5S/c1-2-18-8-3-5-10-21(18)26(25-16-19-9-4-6-11-22(19)32-25)27-33(28,29)20-12-13-23-24(17-20)31-15-7-14-30-23/h3-6,8-13,16-17,26-27H,2,7,14-15H2,1H3/t26-/m0/s1. The van der Waals surface area contributed by atoms with E-state index in [1.807, 2.05) is 61.5 Å². The highest BCUT2D eigenvalue weighted by Gasteiger charge is 2.28. The van der Waals surface area contributed by atoms with Crippen LogP contribution in [0.5, 0.6) is 11.5 Å². The van der Waals surface area contributed by atoms with E-state index in [9.17, 15) is 8.42 Å². The molecule has 7 heteroatoms. The summed E-state index contributed by atoms with van der Waals surface area (Å²) in [7, 11) is -3.91. The maximum Gasteiger partial charge on any atom is 0.241 e. The van der Waals surface area contributed by atoms with Crippen molar-refractivity contribution in [2.45, 2.75) is 30.7 Å². The Kier molecular flexibility index (Phi) is 5.83. The van der Waals surface area contributed by atoms with E-state index in [4.69, 9.17) is 13.9 Å². The van der Waals surface area contributed by atoms with Crippen LogP contribution in [0.25, 0.3) is 11.0 Å². The zero-order valence-corrected chi connectivity index (χ0v) is 19.1. The number of nitrogens with one attached hydrogen (secondary N) is 1. The molecule has 0 bridgehead atoms. The summed E-state index contributed by atoms with van der Waals surface area (Å²) >= 11 is 0. The second kappa shape index (κ2) is 8.92. The van der Waals surface area contributed by atoms with Crippen molar-refractivity contribution in [3.05, 3.63) is 89.7 Å². The molecular weight excluding hydrogens is 438 g/mol. The van der Waals surface area contributed by atoms with Gasteiger partial charge in [0.1, 0.15) is 17.4 Å². The van der Waals surface area contributed by atoms with E-state index >= 15 is 0 Å². The average Bonchev–Trinajstić information content (AvgIpc) is 3.12. The van der Waals surface area contributed by atoms with E-state index in [0.717, 1.165) is 29.4 Å². The van der Waals surface area contributed by atoms with Gasteiger partial charge in [-0.25, -0.2) is 8.42 Å². The van der Waals surface area contributed by atoms with Crippen molar-refractivity contribution in [3.8, 4) is 11.5 Å². The SMILES string of the molecule is CCc1ccccc1[C@H](NS(=O)(=O)c1ccc2c(c1)OCCCO2)c1cc2ccccc2o1. The smallest absolute Gasteiger partial charge is 0.241 e. The van der Waals surface area contributed by atoms with Crippen molar-refractivity contribution in [3.63, 3.8) is 0 Å². The molecule has 0 unspecified atom stereocenters. The average molecular weight is 464 g/mol. The predicted molar refractivity (Wildman–Crippen MR) is 126 cm³/mol. The number of sulfonamides is 1. The molecule has 1 aliphatic heterocycles. The van der Waals surface area contributed by atoms with E-state index in [2.05, 4.69) is 4.72 Å². The summed E-state index contributed by atoms with van der Waals surface area (Å²) in [6.07, 6.45) is 1.51. The Bertz CT molecular complexity index is 1360. The highest BCUT2D eigenvalue weighted by Crippen LogP contribution is 2.35. The van der Waals surface area contributed by atoms with E-state index in [0.29, 0.717) is 36.1 Å². The van der Waals surface area contributed by atoms with Crippen molar-refractivity contribution in [2.75, 3.05) is 13.2 Å². The number of rotatable bonds is 6. The zero-order chi connectivity index (χ0) is 22.8. The summed E-state index contributed by atoms with van der Waals surface area (Å²) in [5.41, 5.74) is 2.61. The van der Waals surface area contributed by atoms with Crippen LogP contribution in [-0.4, -0.2) is 21.6 Å². The molecule has 33 heavy (non-hydrogen) atoms. The van der Waals surface area contributed by atoms with Crippen LogP contribution >= 0.6 is 0 Å². The Labute approximate surface area is 193 Å². The van der Waals surface area contributed by atoms with E-state index < -0.39 is 16.1 Å². The van der Waals surface area contributed by atoms with Crippen molar-refractivity contribution < 1.29 is 22.3 Å². The molecule has 0 spiro atoms. The monoisotopic (exact) mass is 463 g/mol. The lowest BCUT2D eigenvalue weighted by Crippen LogP contribution is -2.30. The first-order valence-corrected chi connectivity index (χ1v) is 12.5. The van der Waals surface area contributed by atoms with E-state index in [1.54, 1.807) is 6.07 Å². The first-order chi connectivity index (χ1) is 16.0. The lowest BCUT2D eigenvalue weighted by Gasteiger charge is -2.20. The van der Waals surface area contributed by atoms with Crippen LogP contribution in [0.15, 0.2) is 82.1 Å². The third-order valence-electron chi connectivity index (χ3n) is 5.78. The van der Waals surface area contributed by atoms with Gasteiger partial charge in [0.2, 0.25) is 10.0 Å². The fourth-order valence-corrected chi connectivity index (χ4v) is 5.29. The van der Waals surface area contributed by atoms with Crippen LogP contribution in [-0.2, 0) is 16.4 Å².